The van der Waals surface area contributed by atoms with Crippen LogP contribution in [0, 0.1) is 11.8 Å². The number of unbranched alkanes of at least 4 members (excludes halogenated alkanes) is 1. The summed E-state index contributed by atoms with van der Waals surface area (Å²) in [6.07, 6.45) is 3.00. The normalized spacial score (nSPS) is 10.5. The van der Waals surface area contributed by atoms with Crippen molar-refractivity contribution in [3.8, 4) is 11.8 Å². The summed E-state index contributed by atoms with van der Waals surface area (Å²) >= 11 is 0. The third-order valence-corrected chi connectivity index (χ3v) is 3.53. The predicted octanol–water partition coefficient (Wildman–Crippen LogP) is 2.23. The first kappa shape index (κ1) is 13.6. The van der Waals surface area contributed by atoms with Crippen molar-refractivity contribution in [2.75, 3.05) is 17.6 Å². The summed E-state index contributed by atoms with van der Waals surface area (Å²) in [5, 5.41) is 0. The molecule has 1 aromatic rings. The average molecular weight is 251 g/mol. The fourth-order valence-corrected chi connectivity index (χ4v) is 1.83. The highest BCUT2D eigenvalue weighted by atomic mass is 32.2. The van der Waals surface area contributed by atoms with Crippen LogP contribution in [-0.4, -0.2) is 21.7 Å². The second kappa shape index (κ2) is 5.74. The molecule has 0 heterocycles. The highest BCUT2D eigenvalue weighted by molar-refractivity contribution is 7.92. The first-order valence-corrected chi connectivity index (χ1v) is 7.33. The van der Waals surface area contributed by atoms with Gasteiger partial charge in [0.25, 0.3) is 0 Å². The van der Waals surface area contributed by atoms with Gasteiger partial charge in [-0.2, -0.15) is 0 Å². The molecular weight excluding hydrogens is 234 g/mol. The van der Waals surface area contributed by atoms with Crippen molar-refractivity contribution in [2.24, 2.45) is 0 Å². The molecular formula is C13H17NO2S. The van der Waals surface area contributed by atoms with Gasteiger partial charge in [-0.15, -0.1) is 0 Å². The van der Waals surface area contributed by atoms with Crippen molar-refractivity contribution in [1.29, 1.82) is 0 Å². The summed E-state index contributed by atoms with van der Waals surface area (Å²) < 4.78 is 24.2. The van der Waals surface area contributed by atoms with E-state index in [1.54, 1.807) is 6.07 Å². The Bertz CT molecular complexity index is 538. The number of para-hydroxylation sites is 1. The van der Waals surface area contributed by atoms with Crippen LogP contribution in [0.4, 0.5) is 5.69 Å². The maximum absolute atomic E-state index is 11.5. The number of hydrogen-bond acceptors (Lipinski definition) is 2. The molecule has 0 saturated heterocycles. The van der Waals surface area contributed by atoms with Gasteiger partial charge in [0, 0.05) is 19.0 Å². The largest absolute Gasteiger partial charge is 0.272 e. The minimum atomic E-state index is -3.24. The van der Waals surface area contributed by atoms with Crippen molar-refractivity contribution in [3.63, 3.8) is 0 Å². The second-order valence-corrected chi connectivity index (χ2v) is 5.81. The molecule has 0 unspecified atom stereocenters. The summed E-state index contributed by atoms with van der Waals surface area (Å²) in [5.74, 6) is 6.04. The number of hydrogen-bond donors (Lipinski definition) is 0. The molecule has 0 bridgehead atoms. The molecule has 17 heavy (non-hydrogen) atoms. The van der Waals surface area contributed by atoms with E-state index in [9.17, 15) is 8.42 Å². The van der Waals surface area contributed by atoms with E-state index in [1.165, 1.54) is 17.6 Å². The minimum absolute atomic E-state index is 0.624. The molecule has 0 N–H and O–H groups in total. The van der Waals surface area contributed by atoms with E-state index >= 15 is 0 Å². The Morgan fingerprint density at radius 1 is 1.29 bits per heavy atom. The predicted molar refractivity (Wildman–Crippen MR) is 71.5 cm³/mol. The van der Waals surface area contributed by atoms with Crippen LogP contribution >= 0.6 is 0 Å². The fraction of sp³-hybridized carbons (Fsp3) is 0.385. The Morgan fingerprint density at radius 2 is 1.94 bits per heavy atom. The van der Waals surface area contributed by atoms with Crippen LogP contribution in [0.25, 0.3) is 0 Å². The molecule has 0 fully saturated rings. The third kappa shape index (κ3) is 3.79. The lowest BCUT2D eigenvalue weighted by molar-refractivity contribution is 0.600. The van der Waals surface area contributed by atoms with Gasteiger partial charge in [0.15, 0.2) is 0 Å². The quantitative estimate of drug-likeness (QED) is 0.773. The molecule has 4 heteroatoms. The summed E-state index contributed by atoms with van der Waals surface area (Å²) in [4.78, 5) is 0. The van der Waals surface area contributed by atoms with Crippen LogP contribution in [0.1, 0.15) is 25.3 Å². The van der Waals surface area contributed by atoms with E-state index in [4.69, 9.17) is 0 Å². The SMILES string of the molecule is CCCC#Cc1ccccc1N(C)S(C)(=O)=O. The summed E-state index contributed by atoms with van der Waals surface area (Å²) in [6.45, 7) is 2.06. The molecule has 3 nitrogen and oxygen atoms in total. The fourth-order valence-electron chi connectivity index (χ4n) is 1.32. The molecule has 0 radical (unpaired) electrons. The molecule has 0 aliphatic carbocycles. The number of anilines is 1. The number of nitrogens with zero attached hydrogens (tertiary/aromatic N) is 1. The Kier molecular flexibility index (Phi) is 4.59. The Labute approximate surface area is 104 Å². The Morgan fingerprint density at radius 3 is 2.53 bits per heavy atom. The number of benzene rings is 1. The summed E-state index contributed by atoms with van der Waals surface area (Å²) in [5.41, 5.74) is 1.37. The van der Waals surface area contributed by atoms with Crippen molar-refractivity contribution in [2.45, 2.75) is 19.8 Å². The van der Waals surface area contributed by atoms with Crippen molar-refractivity contribution >= 4 is 15.7 Å². The summed E-state index contributed by atoms with van der Waals surface area (Å²) in [7, 11) is -1.71. The van der Waals surface area contributed by atoms with E-state index in [0.29, 0.717) is 5.69 Å². The van der Waals surface area contributed by atoms with Gasteiger partial charge < -0.3 is 0 Å². The monoisotopic (exact) mass is 251 g/mol. The van der Waals surface area contributed by atoms with E-state index in [0.717, 1.165) is 18.4 Å². The maximum atomic E-state index is 11.5. The first-order chi connectivity index (χ1) is 7.96. The van der Waals surface area contributed by atoms with E-state index in [-0.39, 0.29) is 0 Å². The molecule has 1 aromatic carbocycles. The first-order valence-electron chi connectivity index (χ1n) is 5.48. The zero-order valence-electron chi connectivity index (χ0n) is 10.4. The highest BCUT2D eigenvalue weighted by Crippen LogP contribution is 2.20. The van der Waals surface area contributed by atoms with Crippen molar-refractivity contribution in [3.05, 3.63) is 29.8 Å². The molecule has 92 valence electrons. The van der Waals surface area contributed by atoms with Gasteiger partial charge in [0.05, 0.1) is 11.9 Å². The van der Waals surface area contributed by atoms with Gasteiger partial charge in [-0.1, -0.05) is 30.9 Å². The van der Waals surface area contributed by atoms with Gasteiger partial charge >= 0.3 is 0 Å². The molecule has 0 aromatic heterocycles. The molecule has 0 amide bonds. The van der Waals surface area contributed by atoms with Gasteiger partial charge in [-0.25, -0.2) is 8.42 Å². The van der Waals surface area contributed by atoms with E-state index in [1.807, 2.05) is 18.2 Å². The van der Waals surface area contributed by atoms with Gasteiger partial charge in [0.2, 0.25) is 10.0 Å². The van der Waals surface area contributed by atoms with E-state index in [2.05, 4.69) is 18.8 Å². The van der Waals surface area contributed by atoms with Crippen LogP contribution in [0.15, 0.2) is 24.3 Å². The second-order valence-electron chi connectivity index (χ2n) is 3.80. The average Bonchev–Trinajstić information content (AvgIpc) is 2.28. The van der Waals surface area contributed by atoms with Crippen LogP contribution in [0.5, 0.6) is 0 Å². The van der Waals surface area contributed by atoms with E-state index < -0.39 is 10.0 Å². The topological polar surface area (TPSA) is 37.4 Å². The Hall–Kier alpha value is -1.47. The third-order valence-electron chi connectivity index (χ3n) is 2.34. The molecule has 0 aliphatic rings. The standard InChI is InChI=1S/C13H17NO2S/c1-4-5-6-9-12-10-7-8-11-13(12)14(2)17(3,15)16/h7-8,10-11H,4-5H2,1-3H3. The van der Waals surface area contributed by atoms with Crippen molar-refractivity contribution in [1.82, 2.24) is 0 Å². The lowest BCUT2D eigenvalue weighted by Gasteiger charge is -2.17. The van der Waals surface area contributed by atoms with Gasteiger partial charge in [-0.05, 0) is 18.6 Å². The molecule has 0 spiro atoms. The number of rotatable bonds is 3. The van der Waals surface area contributed by atoms with Crippen LogP contribution in [0.2, 0.25) is 0 Å². The highest BCUT2D eigenvalue weighted by Gasteiger charge is 2.14. The van der Waals surface area contributed by atoms with Gasteiger partial charge in [0.1, 0.15) is 0 Å². The smallest absolute Gasteiger partial charge is 0.232 e. The van der Waals surface area contributed by atoms with Gasteiger partial charge in [-0.3, -0.25) is 4.31 Å². The minimum Gasteiger partial charge on any atom is -0.272 e. The zero-order valence-corrected chi connectivity index (χ0v) is 11.2. The van der Waals surface area contributed by atoms with Crippen LogP contribution in [-0.2, 0) is 10.0 Å². The van der Waals surface area contributed by atoms with Crippen molar-refractivity contribution < 1.29 is 8.42 Å². The molecule has 0 aliphatic heterocycles. The lowest BCUT2D eigenvalue weighted by atomic mass is 10.2. The molecule has 0 atom stereocenters. The lowest BCUT2D eigenvalue weighted by Crippen LogP contribution is -2.25. The van der Waals surface area contributed by atoms with Crippen LogP contribution < -0.4 is 4.31 Å². The van der Waals surface area contributed by atoms with Crippen LogP contribution in [0.3, 0.4) is 0 Å². The maximum Gasteiger partial charge on any atom is 0.232 e. The summed E-state index contributed by atoms with van der Waals surface area (Å²) in [6, 6.07) is 7.26. The molecule has 0 saturated carbocycles. The Balaban J connectivity index is 3.14. The number of sulfonamides is 1. The molecule has 1 rings (SSSR count). The zero-order chi connectivity index (χ0) is 12.9.